The molecule has 0 spiro atoms. The second kappa shape index (κ2) is 3.37. The third kappa shape index (κ3) is 2.21. The van der Waals surface area contributed by atoms with Crippen LogP contribution in [0, 0.1) is 6.92 Å². The molecule has 0 bridgehead atoms. The van der Waals surface area contributed by atoms with E-state index in [-0.39, 0.29) is 18.1 Å². The summed E-state index contributed by atoms with van der Waals surface area (Å²) >= 11 is 0. The SMILES string of the molecule is Cc1[nH]c(CCN)nc1C(F)(F)F. The Morgan fingerprint density at radius 3 is 2.46 bits per heavy atom. The van der Waals surface area contributed by atoms with E-state index in [2.05, 4.69) is 9.97 Å². The van der Waals surface area contributed by atoms with Crippen molar-refractivity contribution in [2.75, 3.05) is 6.54 Å². The number of alkyl halides is 3. The summed E-state index contributed by atoms with van der Waals surface area (Å²) in [6.07, 6.45) is -4.05. The van der Waals surface area contributed by atoms with Crippen molar-refractivity contribution < 1.29 is 13.2 Å². The van der Waals surface area contributed by atoms with Crippen LogP contribution < -0.4 is 5.73 Å². The molecule has 0 aliphatic heterocycles. The van der Waals surface area contributed by atoms with Gasteiger partial charge in [-0.05, 0) is 13.5 Å². The van der Waals surface area contributed by atoms with E-state index in [4.69, 9.17) is 5.73 Å². The van der Waals surface area contributed by atoms with Gasteiger partial charge in [-0.25, -0.2) is 4.98 Å². The molecular formula is C7H10F3N3. The molecule has 6 heteroatoms. The van der Waals surface area contributed by atoms with E-state index < -0.39 is 11.9 Å². The molecule has 0 aromatic carbocycles. The maximum Gasteiger partial charge on any atom is 0.435 e. The highest BCUT2D eigenvalue weighted by Crippen LogP contribution is 2.29. The second-order valence-electron chi connectivity index (χ2n) is 2.69. The highest BCUT2D eigenvalue weighted by molar-refractivity contribution is 5.16. The molecule has 0 atom stereocenters. The summed E-state index contributed by atoms with van der Waals surface area (Å²) < 4.78 is 36.6. The summed E-state index contributed by atoms with van der Waals surface area (Å²) in [7, 11) is 0. The van der Waals surface area contributed by atoms with Gasteiger partial charge < -0.3 is 10.7 Å². The normalized spacial score (nSPS) is 12.1. The molecular weight excluding hydrogens is 183 g/mol. The molecule has 1 aromatic rings. The van der Waals surface area contributed by atoms with Gasteiger partial charge in [0, 0.05) is 12.1 Å². The predicted octanol–water partition coefficient (Wildman–Crippen LogP) is 1.24. The average Bonchev–Trinajstić information content (AvgIpc) is 2.30. The quantitative estimate of drug-likeness (QED) is 0.742. The molecule has 3 N–H and O–H groups in total. The molecule has 0 aliphatic carbocycles. The lowest BCUT2D eigenvalue weighted by Crippen LogP contribution is -2.08. The van der Waals surface area contributed by atoms with Gasteiger partial charge in [-0.2, -0.15) is 13.2 Å². The van der Waals surface area contributed by atoms with Gasteiger partial charge in [0.25, 0.3) is 0 Å². The standard InChI is InChI=1S/C7H10F3N3/c1-4-6(7(8,9)10)13-5(12-4)2-3-11/h2-3,11H2,1H3,(H,12,13). The number of imidazole rings is 1. The first-order chi connectivity index (χ1) is 5.95. The smallest absolute Gasteiger partial charge is 0.346 e. The van der Waals surface area contributed by atoms with Crippen LogP contribution in [0.1, 0.15) is 17.2 Å². The topological polar surface area (TPSA) is 54.7 Å². The summed E-state index contributed by atoms with van der Waals surface area (Å²) in [5.41, 5.74) is 4.37. The number of aryl methyl sites for hydroxylation is 1. The Morgan fingerprint density at radius 1 is 1.46 bits per heavy atom. The van der Waals surface area contributed by atoms with Gasteiger partial charge in [-0.1, -0.05) is 0 Å². The zero-order chi connectivity index (χ0) is 10.1. The van der Waals surface area contributed by atoms with E-state index in [0.717, 1.165) is 0 Å². The van der Waals surface area contributed by atoms with E-state index >= 15 is 0 Å². The summed E-state index contributed by atoms with van der Waals surface area (Å²) in [6, 6.07) is 0. The van der Waals surface area contributed by atoms with E-state index in [0.29, 0.717) is 6.42 Å². The minimum Gasteiger partial charge on any atom is -0.346 e. The Balaban J connectivity index is 2.96. The number of rotatable bonds is 2. The van der Waals surface area contributed by atoms with Gasteiger partial charge in [0.2, 0.25) is 0 Å². The van der Waals surface area contributed by atoms with Crippen molar-refractivity contribution in [2.24, 2.45) is 5.73 Å². The maximum absolute atomic E-state index is 12.2. The van der Waals surface area contributed by atoms with Crippen LogP contribution in [0.25, 0.3) is 0 Å². The molecule has 3 nitrogen and oxygen atoms in total. The number of hydrogen-bond donors (Lipinski definition) is 2. The van der Waals surface area contributed by atoms with Crippen LogP contribution in [-0.4, -0.2) is 16.5 Å². The average molecular weight is 193 g/mol. The first kappa shape index (κ1) is 10.0. The van der Waals surface area contributed by atoms with Crippen LogP contribution in [0.2, 0.25) is 0 Å². The fourth-order valence-corrected chi connectivity index (χ4v) is 1.05. The van der Waals surface area contributed by atoms with E-state index in [9.17, 15) is 13.2 Å². The van der Waals surface area contributed by atoms with E-state index in [1.165, 1.54) is 6.92 Å². The molecule has 13 heavy (non-hydrogen) atoms. The van der Waals surface area contributed by atoms with Crippen molar-refractivity contribution in [1.82, 2.24) is 9.97 Å². The molecule has 1 heterocycles. The van der Waals surface area contributed by atoms with Crippen LogP contribution in [-0.2, 0) is 12.6 Å². The number of aromatic nitrogens is 2. The molecule has 0 saturated carbocycles. The molecule has 1 aromatic heterocycles. The van der Waals surface area contributed by atoms with Gasteiger partial charge in [0.05, 0.1) is 0 Å². The Bertz CT molecular complexity index is 290. The first-order valence-electron chi connectivity index (χ1n) is 3.78. The van der Waals surface area contributed by atoms with Gasteiger partial charge in [0.15, 0.2) is 5.69 Å². The number of hydrogen-bond acceptors (Lipinski definition) is 2. The summed E-state index contributed by atoms with van der Waals surface area (Å²) in [4.78, 5) is 5.95. The largest absolute Gasteiger partial charge is 0.435 e. The van der Waals surface area contributed by atoms with Crippen molar-refractivity contribution in [3.63, 3.8) is 0 Å². The zero-order valence-corrected chi connectivity index (χ0v) is 7.07. The lowest BCUT2D eigenvalue weighted by Gasteiger charge is -2.01. The lowest BCUT2D eigenvalue weighted by molar-refractivity contribution is -0.141. The molecule has 0 radical (unpaired) electrons. The van der Waals surface area contributed by atoms with Crippen LogP contribution in [0.5, 0.6) is 0 Å². The first-order valence-corrected chi connectivity index (χ1v) is 3.78. The lowest BCUT2D eigenvalue weighted by atomic mass is 10.3. The Hall–Kier alpha value is -1.04. The van der Waals surface area contributed by atoms with Gasteiger partial charge in [0.1, 0.15) is 5.82 Å². The van der Waals surface area contributed by atoms with Crippen molar-refractivity contribution in [3.8, 4) is 0 Å². The van der Waals surface area contributed by atoms with Gasteiger partial charge >= 0.3 is 6.18 Å². The molecule has 0 unspecified atom stereocenters. The molecule has 0 saturated heterocycles. The molecule has 0 amide bonds. The molecule has 0 fully saturated rings. The minimum atomic E-state index is -4.38. The summed E-state index contributed by atoms with van der Waals surface area (Å²) in [5.74, 6) is 0.285. The number of nitrogens with one attached hydrogen (secondary N) is 1. The van der Waals surface area contributed by atoms with E-state index in [1.54, 1.807) is 0 Å². The predicted molar refractivity (Wildman–Crippen MR) is 41.1 cm³/mol. The fourth-order valence-electron chi connectivity index (χ4n) is 1.05. The monoisotopic (exact) mass is 193 g/mol. The molecule has 1 rings (SSSR count). The second-order valence-corrected chi connectivity index (χ2v) is 2.69. The molecule has 74 valence electrons. The van der Waals surface area contributed by atoms with Crippen LogP contribution in [0.4, 0.5) is 13.2 Å². The zero-order valence-electron chi connectivity index (χ0n) is 7.07. The van der Waals surface area contributed by atoms with Crippen LogP contribution in [0.3, 0.4) is 0 Å². The van der Waals surface area contributed by atoms with Crippen molar-refractivity contribution in [1.29, 1.82) is 0 Å². The Morgan fingerprint density at radius 2 is 2.08 bits per heavy atom. The fraction of sp³-hybridized carbons (Fsp3) is 0.571. The van der Waals surface area contributed by atoms with Crippen molar-refractivity contribution in [2.45, 2.75) is 19.5 Å². The Labute approximate surface area is 73.2 Å². The van der Waals surface area contributed by atoms with Crippen LogP contribution in [0.15, 0.2) is 0 Å². The van der Waals surface area contributed by atoms with E-state index in [1.807, 2.05) is 0 Å². The number of H-pyrrole nitrogens is 1. The number of nitrogens with zero attached hydrogens (tertiary/aromatic N) is 1. The third-order valence-corrected chi connectivity index (χ3v) is 1.58. The highest BCUT2D eigenvalue weighted by atomic mass is 19.4. The molecule has 0 aliphatic rings. The van der Waals surface area contributed by atoms with Crippen molar-refractivity contribution in [3.05, 3.63) is 17.2 Å². The van der Waals surface area contributed by atoms with Crippen LogP contribution >= 0.6 is 0 Å². The Kier molecular flexibility index (Phi) is 2.60. The number of halogens is 3. The van der Waals surface area contributed by atoms with Gasteiger partial charge in [-0.15, -0.1) is 0 Å². The van der Waals surface area contributed by atoms with Gasteiger partial charge in [-0.3, -0.25) is 0 Å². The maximum atomic E-state index is 12.2. The number of nitrogens with two attached hydrogens (primary N) is 1. The minimum absolute atomic E-state index is 0.0379. The third-order valence-electron chi connectivity index (χ3n) is 1.58. The number of aromatic amines is 1. The highest BCUT2D eigenvalue weighted by Gasteiger charge is 2.35. The summed E-state index contributed by atoms with van der Waals surface area (Å²) in [5, 5.41) is 0. The summed E-state index contributed by atoms with van der Waals surface area (Å²) in [6.45, 7) is 1.63. The van der Waals surface area contributed by atoms with Crippen molar-refractivity contribution >= 4 is 0 Å².